The van der Waals surface area contributed by atoms with Crippen LogP contribution in [0.1, 0.15) is 10.5 Å². The van der Waals surface area contributed by atoms with Gasteiger partial charge in [-0.25, -0.2) is 4.79 Å². The number of carboxylic acids is 1. The van der Waals surface area contributed by atoms with Crippen LogP contribution in [0.15, 0.2) is 48.5 Å². The molecule has 4 nitrogen and oxygen atoms in total. The molecule has 4 heteroatoms. The molecule has 1 N–H and O–H groups in total. The van der Waals surface area contributed by atoms with Gasteiger partial charge in [0.1, 0.15) is 5.69 Å². The number of benzene rings is 2. The molecule has 0 amide bonds. The predicted molar refractivity (Wildman–Crippen MR) is 89.6 cm³/mol. The second-order valence-electron chi connectivity index (χ2n) is 5.61. The van der Waals surface area contributed by atoms with Crippen LogP contribution in [0.4, 0.5) is 5.69 Å². The van der Waals surface area contributed by atoms with E-state index in [1.165, 1.54) is 0 Å². The number of anilines is 1. The Morgan fingerprint density at radius 1 is 1.00 bits per heavy atom. The van der Waals surface area contributed by atoms with Crippen LogP contribution in [0.5, 0.6) is 0 Å². The van der Waals surface area contributed by atoms with Gasteiger partial charge in [0, 0.05) is 37.7 Å². The van der Waals surface area contributed by atoms with Gasteiger partial charge in [0.15, 0.2) is 0 Å². The first-order chi connectivity index (χ1) is 10.5. The van der Waals surface area contributed by atoms with E-state index in [-0.39, 0.29) is 0 Å². The van der Waals surface area contributed by atoms with E-state index in [4.69, 9.17) is 0 Å². The lowest BCUT2D eigenvalue weighted by atomic mass is 10.0. The van der Waals surface area contributed by atoms with Gasteiger partial charge < -0.3 is 14.6 Å². The second-order valence-corrected chi connectivity index (χ2v) is 5.61. The molecule has 0 atom stereocenters. The molecule has 0 fully saturated rings. The number of aryl methyl sites for hydroxylation is 1. The van der Waals surface area contributed by atoms with Crippen molar-refractivity contribution in [3.8, 4) is 11.1 Å². The molecular weight excluding hydrogens is 276 g/mol. The molecule has 112 valence electrons. The molecule has 3 aromatic rings. The second kappa shape index (κ2) is 5.22. The molecular formula is C18H18N2O2. The third kappa shape index (κ3) is 2.33. The fourth-order valence-electron chi connectivity index (χ4n) is 2.69. The van der Waals surface area contributed by atoms with Gasteiger partial charge in [-0.2, -0.15) is 0 Å². The fraction of sp³-hybridized carbons (Fsp3) is 0.167. The summed E-state index contributed by atoms with van der Waals surface area (Å²) in [5, 5.41) is 10.1. The van der Waals surface area contributed by atoms with Crippen LogP contribution in [-0.4, -0.2) is 29.7 Å². The third-order valence-electron chi connectivity index (χ3n) is 3.98. The van der Waals surface area contributed by atoms with E-state index in [2.05, 4.69) is 29.2 Å². The molecule has 0 saturated heterocycles. The minimum absolute atomic E-state index is 0.301. The first-order valence-corrected chi connectivity index (χ1v) is 7.08. The normalized spacial score (nSPS) is 10.9. The number of fused-ring (bicyclic) bond motifs is 1. The average Bonchev–Trinajstić information content (AvgIpc) is 2.84. The molecule has 2 aromatic carbocycles. The van der Waals surface area contributed by atoms with Crippen molar-refractivity contribution in [1.29, 1.82) is 0 Å². The van der Waals surface area contributed by atoms with E-state index >= 15 is 0 Å². The minimum atomic E-state index is -0.907. The fourth-order valence-corrected chi connectivity index (χ4v) is 2.69. The van der Waals surface area contributed by atoms with Crippen molar-refractivity contribution in [2.75, 3.05) is 19.0 Å². The highest BCUT2D eigenvalue weighted by molar-refractivity contribution is 5.96. The first kappa shape index (κ1) is 14.2. The molecule has 0 bridgehead atoms. The van der Waals surface area contributed by atoms with E-state index in [1.54, 1.807) is 17.7 Å². The maximum absolute atomic E-state index is 11.2. The molecule has 0 radical (unpaired) electrons. The summed E-state index contributed by atoms with van der Waals surface area (Å²) in [6.07, 6.45) is 0. The van der Waals surface area contributed by atoms with Gasteiger partial charge in [0.05, 0.1) is 0 Å². The molecule has 3 rings (SSSR count). The van der Waals surface area contributed by atoms with E-state index in [1.807, 2.05) is 32.3 Å². The Balaban J connectivity index is 2.06. The Labute approximate surface area is 129 Å². The van der Waals surface area contributed by atoms with Gasteiger partial charge >= 0.3 is 5.97 Å². The Morgan fingerprint density at radius 3 is 2.23 bits per heavy atom. The van der Waals surface area contributed by atoms with E-state index in [0.717, 1.165) is 27.7 Å². The number of nitrogens with zero attached hydrogens (tertiary/aromatic N) is 2. The molecule has 22 heavy (non-hydrogen) atoms. The number of hydrogen-bond acceptors (Lipinski definition) is 2. The van der Waals surface area contributed by atoms with E-state index < -0.39 is 5.97 Å². The van der Waals surface area contributed by atoms with E-state index in [9.17, 15) is 9.90 Å². The summed E-state index contributed by atoms with van der Waals surface area (Å²) in [6.45, 7) is 0. The maximum atomic E-state index is 11.2. The summed E-state index contributed by atoms with van der Waals surface area (Å²) in [6, 6.07) is 16.1. The summed E-state index contributed by atoms with van der Waals surface area (Å²) in [7, 11) is 5.80. The van der Waals surface area contributed by atoms with Crippen LogP contribution >= 0.6 is 0 Å². The molecule has 0 aliphatic heterocycles. The molecule has 0 aliphatic carbocycles. The Hall–Kier alpha value is -2.75. The van der Waals surface area contributed by atoms with Crippen LogP contribution in [0.2, 0.25) is 0 Å². The summed E-state index contributed by atoms with van der Waals surface area (Å²) in [4.78, 5) is 13.3. The average molecular weight is 294 g/mol. The standard InChI is InChI=1S/C18H18N2O2/c1-19(2)15-7-4-12(5-8-15)13-6-9-16-14(10-13)11-17(18(21)22)20(16)3/h4-11H,1-3H3,(H,21,22). The Kier molecular flexibility index (Phi) is 3.37. The van der Waals surface area contributed by atoms with Gasteiger partial charge in [0.2, 0.25) is 0 Å². The summed E-state index contributed by atoms with van der Waals surface area (Å²) >= 11 is 0. The zero-order valence-corrected chi connectivity index (χ0v) is 12.9. The van der Waals surface area contributed by atoms with Crippen LogP contribution in [0.25, 0.3) is 22.0 Å². The van der Waals surface area contributed by atoms with Crippen molar-refractivity contribution in [2.45, 2.75) is 0 Å². The third-order valence-corrected chi connectivity index (χ3v) is 3.98. The van der Waals surface area contributed by atoms with Crippen LogP contribution in [0.3, 0.4) is 0 Å². The number of aromatic carboxylic acids is 1. The number of carboxylic acid groups (broad SMARTS) is 1. The highest BCUT2D eigenvalue weighted by Gasteiger charge is 2.12. The van der Waals surface area contributed by atoms with Crippen molar-refractivity contribution in [1.82, 2.24) is 4.57 Å². The van der Waals surface area contributed by atoms with Gasteiger partial charge in [-0.15, -0.1) is 0 Å². The topological polar surface area (TPSA) is 45.5 Å². The largest absolute Gasteiger partial charge is 0.477 e. The number of carbonyl (C=O) groups is 1. The molecule has 0 saturated carbocycles. The first-order valence-electron chi connectivity index (χ1n) is 7.08. The van der Waals surface area contributed by atoms with Crippen LogP contribution < -0.4 is 4.90 Å². The zero-order chi connectivity index (χ0) is 15.9. The van der Waals surface area contributed by atoms with Crippen molar-refractivity contribution < 1.29 is 9.90 Å². The summed E-state index contributed by atoms with van der Waals surface area (Å²) in [5.41, 5.74) is 4.58. The van der Waals surface area contributed by atoms with Crippen molar-refractivity contribution in [3.63, 3.8) is 0 Å². The van der Waals surface area contributed by atoms with Crippen molar-refractivity contribution in [3.05, 3.63) is 54.2 Å². The SMILES string of the molecule is CN(C)c1ccc(-c2ccc3c(c2)cc(C(=O)O)n3C)cc1. The van der Waals surface area contributed by atoms with Crippen molar-refractivity contribution >= 4 is 22.6 Å². The highest BCUT2D eigenvalue weighted by atomic mass is 16.4. The quantitative estimate of drug-likeness (QED) is 0.802. The Morgan fingerprint density at radius 2 is 1.64 bits per heavy atom. The smallest absolute Gasteiger partial charge is 0.352 e. The monoisotopic (exact) mass is 294 g/mol. The Bertz CT molecular complexity index is 845. The highest BCUT2D eigenvalue weighted by Crippen LogP contribution is 2.27. The molecule has 0 unspecified atom stereocenters. The molecule has 1 aromatic heterocycles. The summed E-state index contributed by atoms with van der Waals surface area (Å²) < 4.78 is 1.70. The van der Waals surface area contributed by atoms with Gasteiger partial charge in [-0.3, -0.25) is 0 Å². The molecule has 0 spiro atoms. The van der Waals surface area contributed by atoms with Crippen LogP contribution in [-0.2, 0) is 7.05 Å². The van der Waals surface area contributed by atoms with Crippen LogP contribution in [0, 0.1) is 0 Å². The molecule has 1 heterocycles. The lowest BCUT2D eigenvalue weighted by Crippen LogP contribution is -2.07. The number of rotatable bonds is 3. The lowest BCUT2D eigenvalue weighted by molar-refractivity contribution is 0.0687. The van der Waals surface area contributed by atoms with E-state index in [0.29, 0.717) is 5.69 Å². The zero-order valence-electron chi connectivity index (χ0n) is 12.9. The van der Waals surface area contributed by atoms with Crippen molar-refractivity contribution in [2.24, 2.45) is 7.05 Å². The minimum Gasteiger partial charge on any atom is -0.477 e. The van der Waals surface area contributed by atoms with Gasteiger partial charge in [-0.05, 0) is 41.5 Å². The van der Waals surface area contributed by atoms with Gasteiger partial charge in [0.25, 0.3) is 0 Å². The lowest BCUT2D eigenvalue weighted by Gasteiger charge is -2.12. The number of hydrogen-bond donors (Lipinski definition) is 1. The summed E-state index contributed by atoms with van der Waals surface area (Å²) in [5.74, 6) is -0.907. The maximum Gasteiger partial charge on any atom is 0.352 e. The molecule has 0 aliphatic rings. The van der Waals surface area contributed by atoms with Gasteiger partial charge in [-0.1, -0.05) is 18.2 Å². The predicted octanol–water partition coefficient (Wildman–Crippen LogP) is 3.61. The number of aromatic nitrogens is 1.